The molecule has 3 nitrogen and oxygen atoms in total. The van der Waals surface area contributed by atoms with Gasteiger partial charge in [-0.25, -0.2) is 4.39 Å². The minimum absolute atomic E-state index is 0.231. The molecule has 1 aromatic rings. The molecule has 0 aromatic heterocycles. The highest BCUT2D eigenvalue weighted by Crippen LogP contribution is 2.45. The molecule has 0 radical (unpaired) electrons. The fraction of sp³-hybridized carbons (Fsp3) is 0.591. The highest BCUT2D eigenvalue weighted by atomic mass is 32.1. The SMILES string of the molecule is Fc1cccc(NC(=S)N2CCCC3=CC4CC(CN5CCCCC45)C32)c1. The van der Waals surface area contributed by atoms with Gasteiger partial charge in [0, 0.05) is 24.8 Å². The number of likely N-dealkylation sites (tertiary alicyclic amines) is 1. The summed E-state index contributed by atoms with van der Waals surface area (Å²) in [6, 6.07) is 7.79. The van der Waals surface area contributed by atoms with Crippen molar-refractivity contribution in [3.8, 4) is 0 Å². The first-order chi connectivity index (χ1) is 13.2. The van der Waals surface area contributed by atoms with Crippen molar-refractivity contribution in [1.82, 2.24) is 9.80 Å². The Bertz CT molecular complexity index is 764. The Hall–Kier alpha value is -1.46. The second-order valence-corrected chi connectivity index (χ2v) is 9.03. The van der Waals surface area contributed by atoms with E-state index in [9.17, 15) is 4.39 Å². The van der Waals surface area contributed by atoms with Gasteiger partial charge in [-0.3, -0.25) is 4.90 Å². The molecule has 27 heavy (non-hydrogen) atoms. The van der Waals surface area contributed by atoms with Crippen LogP contribution in [0.3, 0.4) is 0 Å². The fourth-order valence-corrected chi connectivity index (χ4v) is 6.29. The first-order valence-corrected chi connectivity index (χ1v) is 10.9. The average molecular weight is 386 g/mol. The molecule has 5 heteroatoms. The van der Waals surface area contributed by atoms with E-state index in [1.165, 1.54) is 57.3 Å². The van der Waals surface area contributed by atoms with Gasteiger partial charge in [-0.05, 0) is 80.9 Å². The first kappa shape index (κ1) is 17.6. The van der Waals surface area contributed by atoms with Gasteiger partial charge in [0.2, 0.25) is 0 Å². The van der Waals surface area contributed by atoms with Gasteiger partial charge in [-0.2, -0.15) is 0 Å². The van der Waals surface area contributed by atoms with E-state index in [1.807, 2.05) is 6.07 Å². The Morgan fingerprint density at radius 1 is 1.19 bits per heavy atom. The fourth-order valence-electron chi connectivity index (χ4n) is 5.96. The van der Waals surface area contributed by atoms with Crippen LogP contribution in [0.15, 0.2) is 35.9 Å². The summed E-state index contributed by atoms with van der Waals surface area (Å²) in [7, 11) is 0. The lowest BCUT2D eigenvalue weighted by molar-refractivity contribution is 0.0132. The smallest absolute Gasteiger partial charge is 0.173 e. The van der Waals surface area contributed by atoms with Gasteiger partial charge in [0.1, 0.15) is 5.82 Å². The lowest BCUT2D eigenvalue weighted by Gasteiger charge is -2.55. The number of piperidine rings is 3. The number of thiocarbonyl (C=S) groups is 1. The van der Waals surface area contributed by atoms with Crippen LogP contribution in [-0.4, -0.2) is 46.6 Å². The maximum Gasteiger partial charge on any atom is 0.173 e. The van der Waals surface area contributed by atoms with Crippen LogP contribution >= 0.6 is 12.2 Å². The molecule has 0 spiro atoms. The number of hydrogen-bond acceptors (Lipinski definition) is 2. The summed E-state index contributed by atoms with van der Waals surface area (Å²) in [6.07, 6.45) is 10.4. The van der Waals surface area contributed by atoms with Gasteiger partial charge in [0.05, 0.1) is 6.04 Å². The van der Waals surface area contributed by atoms with Crippen LogP contribution in [0.4, 0.5) is 10.1 Å². The zero-order valence-electron chi connectivity index (χ0n) is 15.7. The van der Waals surface area contributed by atoms with Crippen molar-refractivity contribution in [3.05, 3.63) is 41.7 Å². The minimum atomic E-state index is -0.231. The van der Waals surface area contributed by atoms with E-state index in [0.717, 1.165) is 35.7 Å². The maximum atomic E-state index is 13.5. The molecule has 3 saturated heterocycles. The number of benzene rings is 1. The Kier molecular flexibility index (Phi) is 4.68. The van der Waals surface area contributed by atoms with E-state index in [4.69, 9.17) is 12.2 Å². The molecule has 4 aliphatic rings. The third kappa shape index (κ3) is 3.29. The van der Waals surface area contributed by atoms with Crippen molar-refractivity contribution in [3.63, 3.8) is 0 Å². The average Bonchev–Trinajstić information content (AvgIpc) is 2.67. The lowest BCUT2D eigenvalue weighted by atomic mass is 9.68. The zero-order chi connectivity index (χ0) is 18.4. The van der Waals surface area contributed by atoms with E-state index in [1.54, 1.807) is 11.6 Å². The number of nitrogens with one attached hydrogen (secondary N) is 1. The molecule has 0 saturated carbocycles. The second kappa shape index (κ2) is 7.17. The first-order valence-electron chi connectivity index (χ1n) is 10.5. The molecule has 3 aliphatic heterocycles. The van der Waals surface area contributed by atoms with Crippen LogP contribution in [0.1, 0.15) is 38.5 Å². The van der Waals surface area contributed by atoms with E-state index in [0.29, 0.717) is 12.0 Å². The summed E-state index contributed by atoms with van der Waals surface area (Å²) >= 11 is 5.78. The van der Waals surface area contributed by atoms with Gasteiger partial charge < -0.3 is 10.2 Å². The summed E-state index contributed by atoms with van der Waals surface area (Å²) in [4.78, 5) is 5.15. The van der Waals surface area contributed by atoms with E-state index >= 15 is 0 Å². The highest BCUT2D eigenvalue weighted by molar-refractivity contribution is 7.80. The Labute approximate surface area is 166 Å². The van der Waals surface area contributed by atoms with Crippen molar-refractivity contribution in [2.75, 3.05) is 25.0 Å². The van der Waals surface area contributed by atoms with Gasteiger partial charge in [-0.15, -0.1) is 0 Å². The van der Waals surface area contributed by atoms with Crippen LogP contribution in [0.5, 0.6) is 0 Å². The minimum Gasteiger partial charge on any atom is -0.342 e. The van der Waals surface area contributed by atoms with Crippen molar-refractivity contribution in [1.29, 1.82) is 0 Å². The quantitative estimate of drug-likeness (QED) is 0.570. The second-order valence-electron chi connectivity index (χ2n) is 8.64. The number of hydrogen-bond donors (Lipinski definition) is 1. The molecule has 1 N–H and O–H groups in total. The van der Waals surface area contributed by atoms with Crippen LogP contribution < -0.4 is 5.32 Å². The van der Waals surface area contributed by atoms with Crippen LogP contribution in [0.2, 0.25) is 0 Å². The maximum absolute atomic E-state index is 13.5. The molecule has 2 bridgehead atoms. The molecule has 0 amide bonds. The van der Waals surface area contributed by atoms with Gasteiger partial charge in [0.15, 0.2) is 5.11 Å². The molecule has 4 atom stereocenters. The van der Waals surface area contributed by atoms with Crippen LogP contribution in [0.25, 0.3) is 0 Å². The summed E-state index contributed by atoms with van der Waals surface area (Å²) in [6.45, 7) is 3.47. The standard InChI is InChI=1S/C22H28FN3S/c23-18-6-3-7-19(13-18)24-22(27)26-10-4-5-15-11-16-12-17(21(15)26)14-25-9-2-1-8-20(16)25/h3,6-7,11,13,16-17,20-21H,1-2,4-5,8-10,12,14H2,(H,24,27). The monoisotopic (exact) mass is 385 g/mol. The molecule has 5 rings (SSSR count). The van der Waals surface area contributed by atoms with Crippen molar-refractivity contribution >= 4 is 23.0 Å². The highest BCUT2D eigenvalue weighted by Gasteiger charge is 2.46. The number of fused-ring (bicyclic) bond motifs is 6. The van der Waals surface area contributed by atoms with Crippen molar-refractivity contribution in [2.24, 2.45) is 11.8 Å². The van der Waals surface area contributed by atoms with Crippen molar-refractivity contribution < 1.29 is 4.39 Å². The third-order valence-electron chi connectivity index (χ3n) is 6.99. The molecule has 3 fully saturated rings. The van der Waals surface area contributed by atoms with Crippen molar-refractivity contribution in [2.45, 2.75) is 50.6 Å². The van der Waals surface area contributed by atoms with E-state index in [2.05, 4.69) is 21.2 Å². The normalized spacial score (nSPS) is 32.9. The predicted octanol–water partition coefficient (Wildman–Crippen LogP) is 4.42. The summed E-state index contributed by atoms with van der Waals surface area (Å²) in [5, 5.41) is 4.04. The Morgan fingerprint density at radius 2 is 2.11 bits per heavy atom. The third-order valence-corrected chi connectivity index (χ3v) is 7.33. The Morgan fingerprint density at radius 3 is 3.00 bits per heavy atom. The van der Waals surface area contributed by atoms with Crippen LogP contribution in [-0.2, 0) is 0 Å². The molecule has 1 aromatic carbocycles. The molecule has 144 valence electrons. The van der Waals surface area contributed by atoms with E-state index < -0.39 is 0 Å². The summed E-state index contributed by atoms with van der Waals surface area (Å²) in [5.74, 6) is 1.17. The largest absolute Gasteiger partial charge is 0.342 e. The molecule has 1 aliphatic carbocycles. The number of nitrogens with zero attached hydrogens (tertiary/aromatic N) is 2. The molecular formula is C22H28FN3S. The van der Waals surface area contributed by atoms with Crippen LogP contribution in [0, 0.1) is 17.7 Å². The number of rotatable bonds is 1. The van der Waals surface area contributed by atoms with Gasteiger partial charge in [0.25, 0.3) is 0 Å². The van der Waals surface area contributed by atoms with Gasteiger partial charge in [-0.1, -0.05) is 24.1 Å². The van der Waals surface area contributed by atoms with E-state index in [-0.39, 0.29) is 5.82 Å². The number of anilines is 1. The molecule has 4 unspecified atom stereocenters. The zero-order valence-corrected chi connectivity index (χ0v) is 16.6. The summed E-state index contributed by atoms with van der Waals surface area (Å²) < 4.78 is 13.5. The van der Waals surface area contributed by atoms with Gasteiger partial charge >= 0.3 is 0 Å². The molecular weight excluding hydrogens is 357 g/mol. The lowest BCUT2D eigenvalue weighted by Crippen LogP contribution is -2.60. The summed E-state index contributed by atoms with van der Waals surface area (Å²) in [5.41, 5.74) is 2.35. The topological polar surface area (TPSA) is 18.5 Å². The predicted molar refractivity (Wildman–Crippen MR) is 111 cm³/mol. The Balaban J connectivity index is 1.39. The molecule has 3 heterocycles. The number of halogens is 1.